The molecule has 0 fully saturated rings. The molecule has 0 aliphatic carbocycles. The van der Waals surface area contributed by atoms with Crippen molar-refractivity contribution in [3.63, 3.8) is 0 Å². The first-order valence-electron chi connectivity index (χ1n) is 3.85. The Kier molecular flexibility index (Phi) is 3.06. The highest BCUT2D eigenvalue weighted by atomic mass is 35.5. The van der Waals surface area contributed by atoms with Crippen molar-refractivity contribution in [1.29, 1.82) is 0 Å². The van der Waals surface area contributed by atoms with Gasteiger partial charge in [0.15, 0.2) is 0 Å². The summed E-state index contributed by atoms with van der Waals surface area (Å²) in [4.78, 5) is 0. The molecule has 2 rings (SSSR count). The second-order valence-corrected chi connectivity index (χ2v) is 2.80. The zero-order valence-electron chi connectivity index (χ0n) is 6.64. The maximum atomic E-state index is 13.0. The van der Waals surface area contributed by atoms with Crippen LogP contribution < -0.4 is 5.32 Å². The molecule has 0 saturated carbocycles. The fourth-order valence-corrected chi connectivity index (χ4v) is 1.49. The van der Waals surface area contributed by atoms with Gasteiger partial charge in [-0.3, -0.25) is 0 Å². The Morgan fingerprint density at radius 3 is 2.92 bits per heavy atom. The minimum absolute atomic E-state index is 0. The Balaban J connectivity index is 0.000000720. The zero-order chi connectivity index (χ0) is 7.68. The van der Waals surface area contributed by atoms with E-state index in [1.807, 2.05) is 6.07 Å². The standard InChI is InChI=1S/C9H10FN.ClH/c10-9-3-1-2-7-6-11-5-4-8(7)9;/h1-3,11H,4-6H2;1H. The van der Waals surface area contributed by atoms with Crippen LogP contribution in [0.15, 0.2) is 18.2 Å². The van der Waals surface area contributed by atoms with Crippen molar-refractivity contribution in [2.45, 2.75) is 13.0 Å². The van der Waals surface area contributed by atoms with Crippen LogP contribution in [0, 0.1) is 5.82 Å². The highest BCUT2D eigenvalue weighted by molar-refractivity contribution is 5.85. The van der Waals surface area contributed by atoms with E-state index in [9.17, 15) is 4.39 Å². The van der Waals surface area contributed by atoms with Crippen molar-refractivity contribution >= 4 is 12.4 Å². The molecule has 0 amide bonds. The van der Waals surface area contributed by atoms with E-state index in [0.29, 0.717) is 0 Å². The molecule has 0 bridgehead atoms. The summed E-state index contributed by atoms with van der Waals surface area (Å²) in [5.41, 5.74) is 2.00. The van der Waals surface area contributed by atoms with Gasteiger partial charge in [-0.25, -0.2) is 4.39 Å². The van der Waals surface area contributed by atoms with E-state index in [1.165, 1.54) is 6.07 Å². The number of nitrogens with one attached hydrogen (secondary N) is 1. The lowest BCUT2D eigenvalue weighted by atomic mass is 10.0. The smallest absolute Gasteiger partial charge is 0.126 e. The molecule has 0 unspecified atom stereocenters. The normalized spacial score (nSPS) is 14.8. The number of benzene rings is 1. The molecule has 0 aromatic heterocycles. The maximum absolute atomic E-state index is 13.0. The third-order valence-electron chi connectivity index (χ3n) is 2.08. The summed E-state index contributed by atoms with van der Waals surface area (Å²) in [7, 11) is 0. The van der Waals surface area contributed by atoms with Gasteiger partial charge in [-0.2, -0.15) is 0 Å². The lowest BCUT2D eigenvalue weighted by Gasteiger charge is -2.16. The van der Waals surface area contributed by atoms with Gasteiger partial charge < -0.3 is 5.32 Å². The van der Waals surface area contributed by atoms with E-state index in [2.05, 4.69) is 5.32 Å². The zero-order valence-corrected chi connectivity index (χ0v) is 7.46. The first-order chi connectivity index (χ1) is 5.38. The molecule has 1 nitrogen and oxygen atoms in total. The average molecular weight is 188 g/mol. The van der Waals surface area contributed by atoms with Crippen LogP contribution in [-0.4, -0.2) is 6.54 Å². The molecule has 1 aromatic carbocycles. The van der Waals surface area contributed by atoms with Crippen LogP contribution in [0.4, 0.5) is 4.39 Å². The van der Waals surface area contributed by atoms with Crippen molar-refractivity contribution < 1.29 is 4.39 Å². The first kappa shape index (κ1) is 9.49. The molecular weight excluding hydrogens is 177 g/mol. The summed E-state index contributed by atoms with van der Waals surface area (Å²) < 4.78 is 13.0. The van der Waals surface area contributed by atoms with Crippen LogP contribution in [0.1, 0.15) is 11.1 Å². The average Bonchev–Trinajstić information content (AvgIpc) is 2.06. The van der Waals surface area contributed by atoms with E-state index in [4.69, 9.17) is 0 Å². The molecule has 1 aliphatic rings. The Morgan fingerprint density at radius 1 is 1.33 bits per heavy atom. The van der Waals surface area contributed by atoms with E-state index in [0.717, 1.165) is 30.6 Å². The number of fused-ring (bicyclic) bond motifs is 1. The van der Waals surface area contributed by atoms with E-state index in [-0.39, 0.29) is 18.2 Å². The van der Waals surface area contributed by atoms with Crippen LogP contribution in [0.5, 0.6) is 0 Å². The molecule has 1 aromatic rings. The summed E-state index contributed by atoms with van der Waals surface area (Å²) in [6.07, 6.45) is 0.821. The maximum Gasteiger partial charge on any atom is 0.126 e. The summed E-state index contributed by atoms with van der Waals surface area (Å²) >= 11 is 0. The van der Waals surface area contributed by atoms with Gasteiger partial charge in [-0.15, -0.1) is 12.4 Å². The SMILES string of the molecule is Cl.Fc1cccc2c1CCNC2. The number of hydrogen-bond acceptors (Lipinski definition) is 1. The highest BCUT2D eigenvalue weighted by Crippen LogP contribution is 2.16. The van der Waals surface area contributed by atoms with Crippen molar-refractivity contribution in [2.75, 3.05) is 6.54 Å². The van der Waals surface area contributed by atoms with Crippen molar-refractivity contribution in [3.05, 3.63) is 35.1 Å². The molecule has 12 heavy (non-hydrogen) atoms. The predicted molar refractivity (Wildman–Crippen MR) is 49.1 cm³/mol. The number of rotatable bonds is 0. The number of hydrogen-bond donors (Lipinski definition) is 1. The predicted octanol–water partition coefficient (Wildman–Crippen LogP) is 1.89. The molecule has 1 N–H and O–H groups in total. The summed E-state index contributed by atoms with van der Waals surface area (Å²) in [5.74, 6) is -0.0519. The molecule has 0 spiro atoms. The van der Waals surface area contributed by atoms with Gasteiger partial charge in [0.2, 0.25) is 0 Å². The van der Waals surface area contributed by atoms with Crippen LogP contribution in [-0.2, 0) is 13.0 Å². The van der Waals surface area contributed by atoms with Crippen LogP contribution in [0.3, 0.4) is 0 Å². The van der Waals surface area contributed by atoms with Gasteiger partial charge in [-0.05, 0) is 30.2 Å². The van der Waals surface area contributed by atoms with Gasteiger partial charge in [0.1, 0.15) is 5.82 Å². The minimum atomic E-state index is -0.0519. The second kappa shape index (κ2) is 3.87. The fourth-order valence-electron chi connectivity index (χ4n) is 1.49. The minimum Gasteiger partial charge on any atom is -0.312 e. The third-order valence-corrected chi connectivity index (χ3v) is 2.08. The largest absolute Gasteiger partial charge is 0.312 e. The molecule has 3 heteroatoms. The van der Waals surface area contributed by atoms with E-state index < -0.39 is 0 Å². The van der Waals surface area contributed by atoms with Gasteiger partial charge in [0, 0.05) is 6.54 Å². The molecule has 1 heterocycles. The molecule has 0 saturated heterocycles. The quantitative estimate of drug-likeness (QED) is 0.654. The fraction of sp³-hybridized carbons (Fsp3) is 0.333. The van der Waals surface area contributed by atoms with Gasteiger partial charge in [0.25, 0.3) is 0 Å². The molecule has 0 radical (unpaired) electrons. The second-order valence-electron chi connectivity index (χ2n) is 2.80. The van der Waals surface area contributed by atoms with Crippen LogP contribution in [0.25, 0.3) is 0 Å². The van der Waals surface area contributed by atoms with Crippen molar-refractivity contribution in [2.24, 2.45) is 0 Å². The van der Waals surface area contributed by atoms with Gasteiger partial charge in [-0.1, -0.05) is 12.1 Å². The lowest BCUT2D eigenvalue weighted by molar-refractivity contribution is 0.569. The van der Waals surface area contributed by atoms with E-state index in [1.54, 1.807) is 6.07 Å². The van der Waals surface area contributed by atoms with E-state index >= 15 is 0 Å². The molecule has 66 valence electrons. The number of halogens is 2. The molecule has 1 aliphatic heterocycles. The van der Waals surface area contributed by atoms with Crippen molar-refractivity contribution in [1.82, 2.24) is 5.32 Å². The Bertz CT molecular complexity index is 275. The Labute approximate surface area is 77.4 Å². The van der Waals surface area contributed by atoms with Crippen LogP contribution in [0.2, 0.25) is 0 Å². The topological polar surface area (TPSA) is 12.0 Å². The third kappa shape index (κ3) is 1.59. The molecular formula is C9H11ClFN. The summed E-state index contributed by atoms with van der Waals surface area (Å²) in [5, 5.41) is 3.20. The highest BCUT2D eigenvalue weighted by Gasteiger charge is 2.11. The van der Waals surface area contributed by atoms with Crippen molar-refractivity contribution in [3.8, 4) is 0 Å². The monoisotopic (exact) mass is 187 g/mol. The van der Waals surface area contributed by atoms with Gasteiger partial charge >= 0.3 is 0 Å². The summed E-state index contributed by atoms with van der Waals surface area (Å²) in [6.45, 7) is 1.71. The molecule has 0 atom stereocenters. The summed E-state index contributed by atoms with van der Waals surface area (Å²) in [6, 6.07) is 5.27. The lowest BCUT2D eigenvalue weighted by Crippen LogP contribution is -2.24. The van der Waals surface area contributed by atoms with Gasteiger partial charge in [0.05, 0.1) is 0 Å². The first-order valence-corrected chi connectivity index (χ1v) is 3.85. The van der Waals surface area contributed by atoms with Crippen LogP contribution >= 0.6 is 12.4 Å². The Hall–Kier alpha value is -0.600. The Morgan fingerprint density at radius 2 is 2.17 bits per heavy atom.